The molecule has 3 amide bonds. The van der Waals surface area contributed by atoms with E-state index in [0.29, 0.717) is 6.54 Å². The van der Waals surface area contributed by atoms with Gasteiger partial charge in [-0.15, -0.1) is 0 Å². The summed E-state index contributed by atoms with van der Waals surface area (Å²) in [6.07, 6.45) is -0.228. The zero-order valence-electron chi connectivity index (χ0n) is 18.4. The Morgan fingerprint density at radius 2 is 1.75 bits per heavy atom. The van der Waals surface area contributed by atoms with Crippen molar-refractivity contribution in [2.75, 3.05) is 13.1 Å². The summed E-state index contributed by atoms with van der Waals surface area (Å²) in [7, 11) is -3.99. The van der Waals surface area contributed by atoms with Crippen LogP contribution < -0.4 is 5.32 Å². The Morgan fingerprint density at radius 1 is 1.09 bits per heavy atom. The molecule has 0 radical (unpaired) electrons. The van der Waals surface area contributed by atoms with Crippen LogP contribution in [0.4, 0.5) is 0 Å². The fourth-order valence-electron chi connectivity index (χ4n) is 3.59. The third kappa shape index (κ3) is 4.67. The molecule has 2 aromatic carbocycles. The van der Waals surface area contributed by atoms with E-state index in [-0.39, 0.29) is 35.9 Å². The molecule has 1 aliphatic heterocycles. The molecule has 3 rings (SSSR count). The average molecular weight is 458 g/mol. The number of hydrogen-bond donors (Lipinski definition) is 1. The van der Waals surface area contributed by atoms with Crippen molar-refractivity contribution in [2.45, 2.75) is 44.7 Å². The topological polar surface area (TPSA) is 104 Å². The maximum Gasteiger partial charge on any atom is 0.269 e. The fraction of sp³-hybridized carbons (Fsp3) is 0.348. The van der Waals surface area contributed by atoms with Gasteiger partial charge in [0.25, 0.3) is 15.9 Å². The average Bonchev–Trinajstić information content (AvgIpc) is 2.97. The molecule has 32 heavy (non-hydrogen) atoms. The first-order valence-electron chi connectivity index (χ1n) is 10.5. The maximum atomic E-state index is 13.1. The van der Waals surface area contributed by atoms with Crippen LogP contribution in [-0.4, -0.2) is 54.5 Å². The van der Waals surface area contributed by atoms with Gasteiger partial charge < -0.3 is 10.2 Å². The molecule has 0 saturated carbocycles. The minimum absolute atomic E-state index is 0.0512. The molecule has 1 N–H and O–H groups in total. The van der Waals surface area contributed by atoms with Crippen LogP contribution in [0, 0.1) is 6.92 Å². The highest BCUT2D eigenvalue weighted by Gasteiger charge is 2.41. The second-order valence-electron chi connectivity index (χ2n) is 7.71. The third-order valence-electron chi connectivity index (χ3n) is 5.43. The summed E-state index contributed by atoms with van der Waals surface area (Å²) in [5, 5.41) is 2.71. The zero-order valence-corrected chi connectivity index (χ0v) is 19.2. The molecule has 1 atom stereocenters. The molecule has 1 aliphatic rings. The summed E-state index contributed by atoms with van der Waals surface area (Å²) in [4.78, 5) is 39.5. The SMILES string of the molecule is CCNC(=O)C(C)N(Cc1ccc(C)cc1)C(=O)CCN1C(=O)c2ccccc2S1(=O)=O. The van der Waals surface area contributed by atoms with Crippen LogP contribution in [0.25, 0.3) is 0 Å². The van der Waals surface area contributed by atoms with Crippen LogP contribution in [0.15, 0.2) is 53.4 Å². The summed E-state index contributed by atoms with van der Waals surface area (Å²) in [5.74, 6) is -1.36. The van der Waals surface area contributed by atoms with Gasteiger partial charge in [0.1, 0.15) is 10.9 Å². The molecule has 0 bridgehead atoms. The lowest BCUT2D eigenvalue weighted by atomic mass is 10.1. The van der Waals surface area contributed by atoms with Crippen molar-refractivity contribution in [3.05, 3.63) is 65.2 Å². The van der Waals surface area contributed by atoms with Crippen molar-refractivity contribution >= 4 is 27.7 Å². The number of likely N-dealkylation sites (N-methyl/N-ethyl adjacent to an activating group) is 1. The molecule has 170 valence electrons. The van der Waals surface area contributed by atoms with Crippen molar-refractivity contribution in [1.82, 2.24) is 14.5 Å². The number of nitrogens with one attached hydrogen (secondary N) is 1. The molecule has 0 spiro atoms. The number of amides is 3. The van der Waals surface area contributed by atoms with Gasteiger partial charge in [-0.3, -0.25) is 14.4 Å². The highest BCUT2D eigenvalue weighted by Crippen LogP contribution is 2.30. The van der Waals surface area contributed by atoms with Crippen LogP contribution in [0.1, 0.15) is 41.8 Å². The number of aryl methyl sites for hydroxylation is 1. The van der Waals surface area contributed by atoms with E-state index in [4.69, 9.17) is 0 Å². The molecule has 1 unspecified atom stereocenters. The summed E-state index contributed by atoms with van der Waals surface area (Å²) in [5.41, 5.74) is 2.02. The summed E-state index contributed by atoms with van der Waals surface area (Å²) >= 11 is 0. The van der Waals surface area contributed by atoms with Gasteiger partial charge in [0, 0.05) is 26.1 Å². The molecular formula is C23H27N3O5S. The highest BCUT2D eigenvalue weighted by atomic mass is 32.2. The number of nitrogens with zero attached hydrogens (tertiary/aromatic N) is 2. The highest BCUT2D eigenvalue weighted by molar-refractivity contribution is 7.90. The maximum absolute atomic E-state index is 13.1. The first kappa shape index (κ1) is 23.5. The Kier molecular flexibility index (Phi) is 6.98. The normalized spacial score (nSPS) is 15.2. The van der Waals surface area contributed by atoms with E-state index >= 15 is 0 Å². The van der Waals surface area contributed by atoms with Crippen LogP contribution >= 0.6 is 0 Å². The molecular weight excluding hydrogens is 430 g/mol. The number of benzene rings is 2. The van der Waals surface area contributed by atoms with Gasteiger partial charge in [-0.2, -0.15) is 0 Å². The van der Waals surface area contributed by atoms with Gasteiger partial charge >= 0.3 is 0 Å². The summed E-state index contributed by atoms with van der Waals surface area (Å²) in [6.45, 7) is 5.70. The molecule has 1 heterocycles. The van der Waals surface area contributed by atoms with Gasteiger partial charge in [0.2, 0.25) is 11.8 Å². The quantitative estimate of drug-likeness (QED) is 0.654. The van der Waals surface area contributed by atoms with Crippen molar-refractivity contribution in [1.29, 1.82) is 0 Å². The Hall–Kier alpha value is -3.20. The standard InChI is InChI=1S/C23H27N3O5S/c1-4-24-22(28)17(3)25(15-18-11-9-16(2)10-12-18)21(27)13-14-26-23(29)19-7-5-6-8-20(19)32(26,30)31/h5-12,17H,4,13-15H2,1-3H3,(H,24,28). The van der Waals surface area contributed by atoms with Crippen LogP contribution in [-0.2, 0) is 26.2 Å². The largest absolute Gasteiger partial charge is 0.355 e. The minimum atomic E-state index is -3.99. The van der Waals surface area contributed by atoms with E-state index in [1.807, 2.05) is 31.2 Å². The predicted octanol–water partition coefficient (Wildman–Crippen LogP) is 2.08. The predicted molar refractivity (Wildman–Crippen MR) is 119 cm³/mol. The Balaban J connectivity index is 1.78. The van der Waals surface area contributed by atoms with E-state index in [2.05, 4.69) is 5.32 Å². The zero-order chi connectivity index (χ0) is 23.5. The second-order valence-corrected chi connectivity index (χ2v) is 9.54. The Morgan fingerprint density at radius 3 is 2.38 bits per heavy atom. The molecule has 0 aliphatic carbocycles. The number of carbonyl (C=O) groups excluding carboxylic acids is 3. The molecule has 0 fully saturated rings. The molecule has 2 aromatic rings. The number of carbonyl (C=O) groups is 3. The Labute approximate surface area is 188 Å². The van der Waals surface area contributed by atoms with E-state index in [9.17, 15) is 22.8 Å². The molecule has 8 nitrogen and oxygen atoms in total. The minimum Gasteiger partial charge on any atom is -0.355 e. The smallest absolute Gasteiger partial charge is 0.269 e. The molecule has 9 heteroatoms. The van der Waals surface area contributed by atoms with Crippen molar-refractivity contribution < 1.29 is 22.8 Å². The second kappa shape index (κ2) is 9.52. The van der Waals surface area contributed by atoms with Gasteiger partial charge in [0.15, 0.2) is 0 Å². The summed E-state index contributed by atoms with van der Waals surface area (Å²) in [6, 6.07) is 12.8. The monoisotopic (exact) mass is 457 g/mol. The number of fused-ring (bicyclic) bond motifs is 1. The first-order chi connectivity index (χ1) is 15.2. The number of rotatable bonds is 8. The lowest BCUT2D eigenvalue weighted by Gasteiger charge is -2.29. The fourth-order valence-corrected chi connectivity index (χ4v) is 5.16. The number of sulfonamides is 1. The summed E-state index contributed by atoms with van der Waals surface area (Å²) < 4.78 is 26.2. The van der Waals surface area contributed by atoms with Crippen LogP contribution in [0.2, 0.25) is 0 Å². The van der Waals surface area contributed by atoms with Gasteiger partial charge in [-0.25, -0.2) is 12.7 Å². The molecule has 0 saturated heterocycles. The molecule has 0 aromatic heterocycles. The van der Waals surface area contributed by atoms with Gasteiger partial charge in [-0.05, 0) is 38.5 Å². The van der Waals surface area contributed by atoms with E-state index in [1.54, 1.807) is 26.0 Å². The van der Waals surface area contributed by atoms with Gasteiger partial charge in [-0.1, -0.05) is 42.0 Å². The Bertz CT molecular complexity index is 1130. The van der Waals surface area contributed by atoms with Crippen LogP contribution in [0.3, 0.4) is 0 Å². The van der Waals surface area contributed by atoms with E-state index < -0.39 is 27.9 Å². The van der Waals surface area contributed by atoms with Crippen LogP contribution in [0.5, 0.6) is 0 Å². The van der Waals surface area contributed by atoms with E-state index in [0.717, 1.165) is 15.4 Å². The third-order valence-corrected chi connectivity index (χ3v) is 7.27. The lowest BCUT2D eigenvalue weighted by molar-refractivity contribution is -0.140. The van der Waals surface area contributed by atoms with Crippen molar-refractivity contribution in [2.24, 2.45) is 0 Å². The van der Waals surface area contributed by atoms with Crippen molar-refractivity contribution in [3.8, 4) is 0 Å². The first-order valence-corrected chi connectivity index (χ1v) is 11.9. The van der Waals surface area contributed by atoms with Crippen molar-refractivity contribution in [3.63, 3.8) is 0 Å². The van der Waals surface area contributed by atoms with Gasteiger partial charge in [0.05, 0.1) is 5.56 Å². The lowest BCUT2D eigenvalue weighted by Crippen LogP contribution is -2.48. The number of hydrogen-bond acceptors (Lipinski definition) is 5. The van der Waals surface area contributed by atoms with E-state index in [1.165, 1.54) is 17.0 Å².